The van der Waals surface area contributed by atoms with Gasteiger partial charge in [0.25, 0.3) is 5.22 Å². The topological polar surface area (TPSA) is 47.3 Å². The summed E-state index contributed by atoms with van der Waals surface area (Å²) in [5, 5.41) is 4.01. The van der Waals surface area contributed by atoms with E-state index in [-0.39, 0.29) is 0 Å². The molecule has 0 unspecified atom stereocenters. The van der Waals surface area contributed by atoms with Gasteiger partial charge in [-0.3, -0.25) is 0 Å². The quantitative estimate of drug-likeness (QED) is 0.789. The molecular formula is C14H18N2O2S. The third-order valence-electron chi connectivity index (χ3n) is 2.66. The molecule has 2 rings (SSSR count). The maximum atomic E-state index is 5.24. The van der Waals surface area contributed by atoms with Crippen LogP contribution in [0.15, 0.2) is 45.2 Å². The van der Waals surface area contributed by atoms with Crippen LogP contribution in [0.3, 0.4) is 0 Å². The molecule has 0 saturated carbocycles. The first kappa shape index (κ1) is 14.1. The Kier molecular flexibility index (Phi) is 5.44. The smallest absolute Gasteiger partial charge is 0.260 e. The van der Waals surface area contributed by atoms with Gasteiger partial charge in [0.15, 0.2) is 0 Å². The summed E-state index contributed by atoms with van der Waals surface area (Å²) < 4.78 is 10.2. The van der Waals surface area contributed by atoms with Crippen molar-refractivity contribution < 1.29 is 9.15 Å². The van der Waals surface area contributed by atoms with Crippen molar-refractivity contribution in [2.75, 3.05) is 20.3 Å². The lowest BCUT2D eigenvalue weighted by atomic mass is 10.1. The predicted octanol–water partition coefficient (Wildman–Crippen LogP) is 2.87. The highest BCUT2D eigenvalue weighted by Gasteiger charge is 2.05. The Labute approximate surface area is 117 Å². The van der Waals surface area contributed by atoms with E-state index in [2.05, 4.69) is 35.4 Å². The minimum Gasteiger partial charge on any atom is -0.440 e. The van der Waals surface area contributed by atoms with Crippen LogP contribution in [0.4, 0.5) is 0 Å². The number of methoxy groups -OCH3 is 1. The summed E-state index contributed by atoms with van der Waals surface area (Å²) >= 11 is 1.54. The summed E-state index contributed by atoms with van der Waals surface area (Å²) in [5.41, 5.74) is 2.50. The molecule has 102 valence electrons. The van der Waals surface area contributed by atoms with Crippen molar-refractivity contribution in [3.63, 3.8) is 0 Å². The second-order valence-corrected chi connectivity index (χ2v) is 5.16. The highest BCUT2D eigenvalue weighted by molar-refractivity contribution is 7.99. The summed E-state index contributed by atoms with van der Waals surface area (Å²) in [5.74, 6) is 0. The fourth-order valence-electron chi connectivity index (χ4n) is 1.70. The van der Waals surface area contributed by atoms with Crippen LogP contribution in [0, 0.1) is 6.92 Å². The SMILES string of the molecule is COCCNCc1ccc(Sc2ncco2)c(C)c1. The summed E-state index contributed by atoms with van der Waals surface area (Å²) in [7, 11) is 1.71. The number of hydrogen-bond donors (Lipinski definition) is 1. The van der Waals surface area contributed by atoms with Crippen LogP contribution in [0.2, 0.25) is 0 Å². The van der Waals surface area contributed by atoms with Crippen LogP contribution in [0.1, 0.15) is 11.1 Å². The van der Waals surface area contributed by atoms with Gasteiger partial charge in [-0.15, -0.1) is 0 Å². The second kappa shape index (κ2) is 7.33. The Hall–Kier alpha value is -1.30. The number of nitrogens with one attached hydrogen (secondary N) is 1. The first-order valence-electron chi connectivity index (χ1n) is 6.16. The molecule has 0 aliphatic carbocycles. The normalized spacial score (nSPS) is 10.8. The van der Waals surface area contributed by atoms with Crippen molar-refractivity contribution in [2.45, 2.75) is 23.6 Å². The summed E-state index contributed by atoms with van der Waals surface area (Å²) in [6, 6.07) is 6.42. The van der Waals surface area contributed by atoms with E-state index in [0.29, 0.717) is 5.22 Å². The molecule has 0 fully saturated rings. The molecule has 0 saturated heterocycles. The van der Waals surface area contributed by atoms with E-state index in [9.17, 15) is 0 Å². The molecule has 1 N–H and O–H groups in total. The van der Waals surface area contributed by atoms with E-state index in [4.69, 9.17) is 9.15 Å². The van der Waals surface area contributed by atoms with Crippen molar-refractivity contribution >= 4 is 11.8 Å². The molecule has 0 atom stereocenters. The highest BCUT2D eigenvalue weighted by atomic mass is 32.2. The molecule has 0 spiro atoms. The van der Waals surface area contributed by atoms with Gasteiger partial charge in [-0.05, 0) is 35.9 Å². The number of nitrogens with zero attached hydrogens (tertiary/aromatic N) is 1. The maximum Gasteiger partial charge on any atom is 0.260 e. The lowest BCUT2D eigenvalue weighted by molar-refractivity contribution is 0.199. The molecule has 1 aromatic carbocycles. The van der Waals surface area contributed by atoms with Crippen LogP contribution >= 0.6 is 11.8 Å². The van der Waals surface area contributed by atoms with Gasteiger partial charge in [-0.25, -0.2) is 4.98 Å². The zero-order chi connectivity index (χ0) is 13.5. The number of ether oxygens (including phenoxy) is 1. The highest BCUT2D eigenvalue weighted by Crippen LogP contribution is 2.29. The van der Waals surface area contributed by atoms with E-state index in [1.807, 2.05) is 0 Å². The molecule has 0 radical (unpaired) electrons. The number of aromatic nitrogens is 1. The van der Waals surface area contributed by atoms with Crippen LogP contribution in [0.25, 0.3) is 0 Å². The van der Waals surface area contributed by atoms with E-state index >= 15 is 0 Å². The zero-order valence-electron chi connectivity index (χ0n) is 11.2. The number of benzene rings is 1. The molecule has 1 aromatic heterocycles. The van der Waals surface area contributed by atoms with Gasteiger partial charge >= 0.3 is 0 Å². The molecule has 0 amide bonds. The standard InChI is InChI=1S/C14H18N2O2S/c1-11-9-12(10-15-5-7-17-2)3-4-13(11)19-14-16-6-8-18-14/h3-4,6,8-9,15H,5,7,10H2,1-2H3. The molecule has 1 heterocycles. The fourth-order valence-corrected chi connectivity index (χ4v) is 2.46. The Morgan fingerprint density at radius 2 is 2.32 bits per heavy atom. The Morgan fingerprint density at radius 1 is 1.42 bits per heavy atom. The molecule has 0 bridgehead atoms. The van der Waals surface area contributed by atoms with Gasteiger partial charge < -0.3 is 14.5 Å². The van der Waals surface area contributed by atoms with Crippen molar-refractivity contribution in [1.82, 2.24) is 10.3 Å². The summed E-state index contributed by atoms with van der Waals surface area (Å²) in [4.78, 5) is 5.28. The van der Waals surface area contributed by atoms with E-state index in [1.165, 1.54) is 16.0 Å². The second-order valence-electron chi connectivity index (χ2n) is 4.17. The number of hydrogen-bond acceptors (Lipinski definition) is 5. The Balaban J connectivity index is 1.93. The van der Waals surface area contributed by atoms with Crippen molar-refractivity contribution in [1.29, 1.82) is 0 Å². The third-order valence-corrected chi connectivity index (χ3v) is 3.71. The molecule has 0 aliphatic heterocycles. The Bertz CT molecular complexity index is 500. The van der Waals surface area contributed by atoms with Gasteiger partial charge in [-0.2, -0.15) is 0 Å². The van der Waals surface area contributed by atoms with Gasteiger partial charge in [0.1, 0.15) is 6.26 Å². The molecule has 2 aromatic rings. The van der Waals surface area contributed by atoms with E-state index in [0.717, 1.165) is 19.7 Å². The monoisotopic (exact) mass is 278 g/mol. The fraction of sp³-hybridized carbons (Fsp3) is 0.357. The number of rotatable bonds is 7. The van der Waals surface area contributed by atoms with E-state index in [1.54, 1.807) is 31.3 Å². The minimum atomic E-state index is 0.675. The van der Waals surface area contributed by atoms with E-state index < -0.39 is 0 Å². The molecular weight excluding hydrogens is 260 g/mol. The minimum absolute atomic E-state index is 0.675. The lowest BCUT2D eigenvalue weighted by Crippen LogP contribution is -2.18. The average Bonchev–Trinajstić information content (AvgIpc) is 2.91. The first-order valence-corrected chi connectivity index (χ1v) is 6.98. The zero-order valence-corrected chi connectivity index (χ0v) is 12.0. The number of aryl methyl sites for hydroxylation is 1. The Morgan fingerprint density at radius 3 is 3.00 bits per heavy atom. The van der Waals surface area contributed by atoms with Crippen LogP contribution in [-0.2, 0) is 11.3 Å². The summed E-state index contributed by atoms with van der Waals surface area (Å²) in [6.45, 7) is 4.55. The average molecular weight is 278 g/mol. The van der Waals surface area contributed by atoms with Gasteiger partial charge in [-0.1, -0.05) is 12.1 Å². The third kappa shape index (κ3) is 4.38. The molecule has 19 heavy (non-hydrogen) atoms. The van der Waals surface area contributed by atoms with Gasteiger partial charge in [0.05, 0.1) is 12.8 Å². The van der Waals surface area contributed by atoms with Crippen molar-refractivity contribution in [3.05, 3.63) is 41.8 Å². The maximum absolute atomic E-state index is 5.24. The summed E-state index contributed by atoms with van der Waals surface area (Å²) in [6.07, 6.45) is 3.25. The van der Waals surface area contributed by atoms with Crippen LogP contribution in [-0.4, -0.2) is 25.2 Å². The number of oxazole rings is 1. The molecule has 0 aliphatic rings. The van der Waals surface area contributed by atoms with Crippen LogP contribution < -0.4 is 5.32 Å². The van der Waals surface area contributed by atoms with Gasteiger partial charge in [0.2, 0.25) is 0 Å². The van der Waals surface area contributed by atoms with Crippen molar-refractivity contribution in [3.8, 4) is 0 Å². The molecule has 4 nitrogen and oxygen atoms in total. The van der Waals surface area contributed by atoms with Crippen LogP contribution in [0.5, 0.6) is 0 Å². The largest absolute Gasteiger partial charge is 0.440 e. The molecule has 5 heteroatoms. The first-order chi connectivity index (χ1) is 9.29. The van der Waals surface area contributed by atoms with Crippen molar-refractivity contribution in [2.24, 2.45) is 0 Å². The lowest BCUT2D eigenvalue weighted by Gasteiger charge is -2.08. The van der Waals surface area contributed by atoms with Gasteiger partial charge in [0, 0.05) is 25.1 Å². The predicted molar refractivity (Wildman–Crippen MR) is 75.4 cm³/mol.